The Morgan fingerprint density at radius 1 is 0.474 bits per heavy atom. The van der Waals surface area contributed by atoms with Crippen LogP contribution in [-0.4, -0.2) is 15.0 Å². The van der Waals surface area contributed by atoms with E-state index in [2.05, 4.69) is 135 Å². The van der Waals surface area contributed by atoms with Crippen molar-refractivity contribution >= 4 is 5.57 Å². The Balaban J connectivity index is 0.907. The van der Waals surface area contributed by atoms with E-state index in [1.807, 2.05) is 36.4 Å². The Bertz CT molecular complexity index is 2710. The van der Waals surface area contributed by atoms with E-state index in [0.717, 1.165) is 23.1 Å². The third-order valence-corrected chi connectivity index (χ3v) is 13.5. The molecule has 4 aliphatic rings. The van der Waals surface area contributed by atoms with E-state index >= 15 is 0 Å². The minimum atomic E-state index is -0.0434. The fourth-order valence-corrected chi connectivity index (χ4v) is 10.5. The van der Waals surface area contributed by atoms with Gasteiger partial charge in [-0.1, -0.05) is 173 Å². The first-order valence-corrected chi connectivity index (χ1v) is 20.8. The van der Waals surface area contributed by atoms with Crippen LogP contribution in [0.2, 0.25) is 0 Å². The molecule has 1 saturated carbocycles. The smallest absolute Gasteiger partial charge is 0.164 e. The SMILES string of the molecule is CC1(C)c2ccc(C3C=CC(c4cccc(-c5nc(-c6ccccc6)nc(-c6ccccc6)n5)c4)=CC3)cc2-c2cc3c(cc21)-c1ccccc1C31CCCCC1. The molecule has 276 valence electrons. The summed E-state index contributed by atoms with van der Waals surface area (Å²) in [7, 11) is 0. The van der Waals surface area contributed by atoms with Crippen LogP contribution in [0.3, 0.4) is 0 Å². The van der Waals surface area contributed by atoms with Crippen molar-refractivity contribution < 1.29 is 0 Å². The van der Waals surface area contributed by atoms with Crippen molar-refractivity contribution in [1.29, 1.82) is 0 Å². The van der Waals surface area contributed by atoms with Gasteiger partial charge in [0.05, 0.1) is 0 Å². The molecule has 0 radical (unpaired) electrons. The lowest BCUT2D eigenvalue weighted by Gasteiger charge is -2.36. The topological polar surface area (TPSA) is 38.7 Å². The van der Waals surface area contributed by atoms with Crippen LogP contribution in [0.25, 0.3) is 62.0 Å². The van der Waals surface area contributed by atoms with E-state index in [9.17, 15) is 0 Å². The summed E-state index contributed by atoms with van der Waals surface area (Å²) < 4.78 is 0. The second kappa shape index (κ2) is 13.2. The Morgan fingerprint density at radius 2 is 1.07 bits per heavy atom. The third-order valence-electron chi connectivity index (χ3n) is 13.5. The van der Waals surface area contributed by atoms with Gasteiger partial charge in [-0.3, -0.25) is 0 Å². The van der Waals surface area contributed by atoms with Crippen molar-refractivity contribution in [3.05, 3.63) is 191 Å². The van der Waals surface area contributed by atoms with Crippen LogP contribution in [0.15, 0.2) is 158 Å². The average Bonchev–Trinajstić information content (AvgIpc) is 3.66. The van der Waals surface area contributed by atoms with Crippen molar-refractivity contribution in [3.8, 4) is 56.4 Å². The number of aromatic nitrogens is 3. The number of nitrogens with zero attached hydrogens (tertiary/aromatic N) is 3. The second-order valence-corrected chi connectivity index (χ2v) is 17.0. The Kier molecular flexibility index (Phi) is 7.90. The molecule has 1 fully saturated rings. The maximum atomic E-state index is 4.99. The molecule has 4 aliphatic carbocycles. The molecular formula is C54H45N3. The van der Waals surface area contributed by atoms with Gasteiger partial charge in [0.2, 0.25) is 0 Å². The summed E-state index contributed by atoms with van der Waals surface area (Å²) in [6, 6.07) is 50.8. The summed E-state index contributed by atoms with van der Waals surface area (Å²) in [5.74, 6) is 2.34. The minimum Gasteiger partial charge on any atom is -0.208 e. The molecule has 11 rings (SSSR count). The largest absolute Gasteiger partial charge is 0.208 e. The van der Waals surface area contributed by atoms with Crippen LogP contribution in [0.1, 0.15) is 91.7 Å². The molecule has 3 heteroatoms. The van der Waals surface area contributed by atoms with Crippen LogP contribution in [-0.2, 0) is 10.8 Å². The van der Waals surface area contributed by atoms with E-state index in [-0.39, 0.29) is 10.8 Å². The van der Waals surface area contributed by atoms with Gasteiger partial charge in [-0.25, -0.2) is 15.0 Å². The van der Waals surface area contributed by atoms with Crippen LogP contribution < -0.4 is 0 Å². The highest BCUT2D eigenvalue weighted by atomic mass is 15.0. The Morgan fingerprint density at radius 3 is 1.77 bits per heavy atom. The van der Waals surface area contributed by atoms with Crippen molar-refractivity contribution in [3.63, 3.8) is 0 Å². The van der Waals surface area contributed by atoms with E-state index in [1.54, 1.807) is 11.1 Å². The highest BCUT2D eigenvalue weighted by Crippen LogP contribution is 2.60. The highest BCUT2D eigenvalue weighted by Gasteiger charge is 2.46. The Labute approximate surface area is 336 Å². The van der Waals surface area contributed by atoms with Crippen molar-refractivity contribution in [1.82, 2.24) is 15.0 Å². The van der Waals surface area contributed by atoms with E-state index < -0.39 is 0 Å². The van der Waals surface area contributed by atoms with Gasteiger partial charge >= 0.3 is 0 Å². The van der Waals surface area contributed by atoms with Gasteiger partial charge in [-0.15, -0.1) is 0 Å². The lowest BCUT2D eigenvalue weighted by atomic mass is 9.67. The van der Waals surface area contributed by atoms with Gasteiger partial charge in [0.15, 0.2) is 17.5 Å². The van der Waals surface area contributed by atoms with Crippen molar-refractivity contribution in [2.45, 2.75) is 69.1 Å². The van der Waals surface area contributed by atoms with Gasteiger partial charge in [0, 0.05) is 33.4 Å². The van der Waals surface area contributed by atoms with Gasteiger partial charge in [-0.2, -0.15) is 0 Å². The molecule has 3 nitrogen and oxygen atoms in total. The van der Waals surface area contributed by atoms with Crippen LogP contribution in [0.5, 0.6) is 0 Å². The summed E-state index contributed by atoms with van der Waals surface area (Å²) >= 11 is 0. The lowest BCUT2D eigenvalue weighted by molar-refractivity contribution is 0.353. The number of fused-ring (bicyclic) bond motifs is 8. The first-order chi connectivity index (χ1) is 28.0. The summed E-state index contributed by atoms with van der Waals surface area (Å²) in [6.45, 7) is 4.85. The molecule has 1 unspecified atom stereocenters. The molecule has 1 spiro atoms. The molecule has 0 saturated heterocycles. The van der Waals surface area contributed by atoms with Crippen LogP contribution >= 0.6 is 0 Å². The van der Waals surface area contributed by atoms with Crippen molar-refractivity contribution in [2.75, 3.05) is 0 Å². The Hall–Kier alpha value is -6.19. The molecule has 1 aromatic heterocycles. The van der Waals surface area contributed by atoms with Gasteiger partial charge in [0.25, 0.3) is 0 Å². The molecule has 7 aromatic rings. The van der Waals surface area contributed by atoms with Gasteiger partial charge in [-0.05, 0) is 98.7 Å². The number of rotatable bonds is 5. The minimum absolute atomic E-state index is 0.0434. The summed E-state index contributed by atoms with van der Waals surface area (Å²) in [6.07, 6.45) is 14.6. The molecule has 57 heavy (non-hydrogen) atoms. The first kappa shape index (κ1) is 34.1. The first-order valence-electron chi connectivity index (χ1n) is 20.8. The normalized spacial score (nSPS) is 18.1. The molecule has 0 aliphatic heterocycles. The fraction of sp³-hybridized carbons (Fsp3) is 0.204. The quantitative estimate of drug-likeness (QED) is 0.177. The lowest BCUT2D eigenvalue weighted by Crippen LogP contribution is -2.28. The molecule has 1 atom stereocenters. The third kappa shape index (κ3) is 5.51. The van der Waals surface area contributed by atoms with Gasteiger partial charge in [0.1, 0.15) is 0 Å². The zero-order valence-electron chi connectivity index (χ0n) is 32.7. The van der Waals surface area contributed by atoms with Crippen molar-refractivity contribution in [2.24, 2.45) is 0 Å². The van der Waals surface area contributed by atoms with E-state index in [0.29, 0.717) is 23.4 Å². The van der Waals surface area contributed by atoms with Crippen LogP contribution in [0.4, 0.5) is 0 Å². The summed E-state index contributed by atoms with van der Waals surface area (Å²) in [4.78, 5) is 14.9. The zero-order valence-corrected chi connectivity index (χ0v) is 32.7. The second-order valence-electron chi connectivity index (χ2n) is 17.0. The monoisotopic (exact) mass is 735 g/mol. The molecule has 0 amide bonds. The number of allylic oxidation sites excluding steroid dienone is 4. The molecular weight excluding hydrogens is 691 g/mol. The van der Waals surface area contributed by atoms with E-state index in [4.69, 9.17) is 15.0 Å². The molecule has 0 N–H and O–H groups in total. The maximum absolute atomic E-state index is 4.99. The number of hydrogen-bond acceptors (Lipinski definition) is 3. The zero-order chi connectivity index (χ0) is 38.1. The molecule has 0 bridgehead atoms. The standard InChI is InChI=1S/C54H45N3/c1-53(2)46-28-27-40(32-43(46)45-34-49-44(33-48(45)53)42-21-10-11-22-47(42)54(49)29-12-5-13-30-54)36-25-23-35(24-26-36)39-19-14-20-41(31-39)52-56-50(37-15-6-3-7-16-37)55-51(57-52)38-17-8-4-9-18-38/h3-4,6-11,14-25,27-28,31-34,36H,5,12-13,26,29-30H2,1-2H3. The van der Waals surface area contributed by atoms with Crippen LogP contribution in [0, 0.1) is 0 Å². The van der Waals surface area contributed by atoms with Gasteiger partial charge < -0.3 is 0 Å². The summed E-state index contributed by atoms with van der Waals surface area (Å²) in [5.41, 5.74) is 18.7. The molecule has 1 heterocycles. The number of benzene rings is 6. The maximum Gasteiger partial charge on any atom is 0.164 e. The molecule has 6 aromatic carbocycles. The summed E-state index contributed by atoms with van der Waals surface area (Å²) in [5, 5.41) is 0. The van der Waals surface area contributed by atoms with E-state index in [1.165, 1.54) is 82.2 Å². The number of hydrogen-bond donors (Lipinski definition) is 0. The predicted molar refractivity (Wildman–Crippen MR) is 234 cm³/mol. The average molecular weight is 736 g/mol. The fourth-order valence-electron chi connectivity index (χ4n) is 10.5. The highest BCUT2D eigenvalue weighted by molar-refractivity contribution is 5.90. The predicted octanol–water partition coefficient (Wildman–Crippen LogP) is 13.5.